The van der Waals surface area contributed by atoms with E-state index in [1.54, 1.807) is 7.11 Å². The van der Waals surface area contributed by atoms with Crippen molar-refractivity contribution in [1.82, 2.24) is 10.6 Å². The van der Waals surface area contributed by atoms with Crippen LogP contribution >= 0.6 is 0 Å². The predicted octanol–water partition coefficient (Wildman–Crippen LogP) is 3.11. The minimum atomic E-state index is 0.201. The summed E-state index contributed by atoms with van der Waals surface area (Å²) in [6.07, 6.45) is 5.07. The highest BCUT2D eigenvalue weighted by Crippen LogP contribution is 2.30. The summed E-state index contributed by atoms with van der Waals surface area (Å²) in [5.74, 6) is 2.53. The molecule has 1 saturated heterocycles. The molecule has 150 valence electrons. The number of rotatable bonds is 8. The number of ether oxygens (including phenoxy) is 3. The van der Waals surface area contributed by atoms with Crippen molar-refractivity contribution < 1.29 is 14.2 Å². The molecule has 1 aliphatic heterocycles. The van der Waals surface area contributed by atoms with Gasteiger partial charge >= 0.3 is 0 Å². The Labute approximate surface area is 162 Å². The van der Waals surface area contributed by atoms with Crippen LogP contribution in [0.15, 0.2) is 23.2 Å². The summed E-state index contributed by atoms with van der Waals surface area (Å²) in [4.78, 5) is 4.77. The summed E-state index contributed by atoms with van der Waals surface area (Å²) in [6.45, 7) is 8.15. The van der Waals surface area contributed by atoms with Gasteiger partial charge in [-0.1, -0.05) is 6.92 Å². The molecule has 6 nitrogen and oxygen atoms in total. The third kappa shape index (κ3) is 5.51. The molecule has 0 spiro atoms. The molecule has 0 amide bonds. The standard InChI is InChI=1S/C21H33N3O3/c1-4-22-20(24-13-21(2)14-26-15-21)23-12-16-9-10-18(25-3)11-19(16)27-17-7-5-6-8-17/h9-11,17H,4-8,12-15H2,1-3H3,(H2,22,23,24). The molecule has 1 heterocycles. The summed E-state index contributed by atoms with van der Waals surface area (Å²) in [5.41, 5.74) is 1.28. The Balaban J connectivity index is 1.67. The second-order valence-electron chi connectivity index (χ2n) is 7.85. The fourth-order valence-corrected chi connectivity index (χ4v) is 3.44. The molecule has 0 unspecified atom stereocenters. The fraction of sp³-hybridized carbons (Fsp3) is 0.667. The van der Waals surface area contributed by atoms with Crippen LogP contribution in [-0.4, -0.2) is 45.5 Å². The lowest BCUT2D eigenvalue weighted by Crippen LogP contribution is -2.51. The van der Waals surface area contributed by atoms with Crippen LogP contribution < -0.4 is 20.1 Å². The van der Waals surface area contributed by atoms with E-state index in [9.17, 15) is 0 Å². The molecule has 0 bridgehead atoms. The molecule has 6 heteroatoms. The van der Waals surface area contributed by atoms with Crippen molar-refractivity contribution in [1.29, 1.82) is 0 Å². The monoisotopic (exact) mass is 375 g/mol. The zero-order valence-electron chi connectivity index (χ0n) is 16.8. The van der Waals surface area contributed by atoms with Gasteiger partial charge in [0.25, 0.3) is 0 Å². The van der Waals surface area contributed by atoms with Gasteiger partial charge in [0.05, 0.1) is 33.0 Å². The number of aliphatic imine (C=N–C) groups is 1. The lowest BCUT2D eigenvalue weighted by atomic mass is 9.89. The number of hydrogen-bond acceptors (Lipinski definition) is 4. The van der Waals surface area contributed by atoms with Crippen LogP contribution in [0.25, 0.3) is 0 Å². The highest BCUT2D eigenvalue weighted by atomic mass is 16.5. The molecule has 1 aliphatic carbocycles. The lowest BCUT2D eigenvalue weighted by Gasteiger charge is -2.38. The quantitative estimate of drug-likeness (QED) is 0.540. The average Bonchev–Trinajstić information content (AvgIpc) is 3.16. The van der Waals surface area contributed by atoms with Gasteiger partial charge in [-0.05, 0) is 44.7 Å². The van der Waals surface area contributed by atoms with Gasteiger partial charge in [-0.25, -0.2) is 4.99 Å². The van der Waals surface area contributed by atoms with Crippen molar-refractivity contribution in [3.63, 3.8) is 0 Å². The third-order valence-electron chi connectivity index (χ3n) is 5.21. The van der Waals surface area contributed by atoms with Gasteiger partial charge in [-0.3, -0.25) is 0 Å². The topological polar surface area (TPSA) is 64.1 Å². The highest BCUT2D eigenvalue weighted by Gasteiger charge is 2.33. The maximum atomic E-state index is 6.28. The van der Waals surface area contributed by atoms with Crippen molar-refractivity contribution in [2.75, 3.05) is 33.4 Å². The molecule has 2 fully saturated rings. The summed E-state index contributed by atoms with van der Waals surface area (Å²) < 4.78 is 17.0. The first-order valence-corrected chi connectivity index (χ1v) is 10.1. The second-order valence-corrected chi connectivity index (χ2v) is 7.85. The molecule has 2 aliphatic rings. The third-order valence-corrected chi connectivity index (χ3v) is 5.21. The van der Waals surface area contributed by atoms with E-state index in [-0.39, 0.29) is 5.41 Å². The van der Waals surface area contributed by atoms with Crippen LogP contribution in [0.5, 0.6) is 11.5 Å². The molecule has 1 aromatic rings. The first-order valence-electron chi connectivity index (χ1n) is 10.1. The first kappa shape index (κ1) is 19.8. The van der Waals surface area contributed by atoms with Gasteiger partial charge in [-0.15, -0.1) is 0 Å². The number of methoxy groups -OCH3 is 1. The van der Waals surface area contributed by atoms with E-state index in [2.05, 4.69) is 30.5 Å². The zero-order valence-corrected chi connectivity index (χ0v) is 16.8. The minimum absolute atomic E-state index is 0.201. The summed E-state index contributed by atoms with van der Waals surface area (Å²) in [7, 11) is 1.68. The van der Waals surface area contributed by atoms with E-state index in [4.69, 9.17) is 19.2 Å². The Bertz CT molecular complexity index is 638. The Morgan fingerprint density at radius 2 is 2.04 bits per heavy atom. The van der Waals surface area contributed by atoms with E-state index >= 15 is 0 Å². The van der Waals surface area contributed by atoms with Gasteiger partial charge in [0, 0.05) is 30.1 Å². The van der Waals surface area contributed by atoms with E-state index in [0.717, 1.165) is 62.2 Å². The van der Waals surface area contributed by atoms with Crippen LogP contribution in [0.1, 0.15) is 45.1 Å². The molecule has 1 aromatic carbocycles. The van der Waals surface area contributed by atoms with E-state index < -0.39 is 0 Å². The van der Waals surface area contributed by atoms with Gasteiger partial charge in [0.2, 0.25) is 0 Å². The Hall–Kier alpha value is -1.95. The molecular weight excluding hydrogens is 342 g/mol. The maximum Gasteiger partial charge on any atom is 0.191 e. The van der Waals surface area contributed by atoms with Crippen LogP contribution in [0.2, 0.25) is 0 Å². The van der Waals surface area contributed by atoms with Gasteiger partial charge < -0.3 is 24.8 Å². The highest BCUT2D eigenvalue weighted by molar-refractivity contribution is 5.79. The number of nitrogens with zero attached hydrogens (tertiary/aromatic N) is 1. The second kappa shape index (κ2) is 9.31. The first-order chi connectivity index (χ1) is 13.1. The molecule has 0 atom stereocenters. The predicted molar refractivity (Wildman–Crippen MR) is 108 cm³/mol. The largest absolute Gasteiger partial charge is 0.497 e. The average molecular weight is 376 g/mol. The molecular formula is C21H33N3O3. The normalized spacial score (nSPS) is 19.4. The summed E-state index contributed by atoms with van der Waals surface area (Å²) in [6, 6.07) is 6.01. The lowest BCUT2D eigenvalue weighted by molar-refractivity contribution is -0.0971. The van der Waals surface area contributed by atoms with Gasteiger partial charge in [-0.2, -0.15) is 0 Å². The van der Waals surface area contributed by atoms with Crippen LogP contribution in [0, 0.1) is 5.41 Å². The minimum Gasteiger partial charge on any atom is -0.497 e. The molecule has 1 saturated carbocycles. The Morgan fingerprint density at radius 3 is 2.67 bits per heavy atom. The van der Waals surface area contributed by atoms with E-state index in [1.165, 1.54) is 12.8 Å². The number of hydrogen-bond donors (Lipinski definition) is 2. The Kier molecular flexibility index (Phi) is 6.83. The van der Waals surface area contributed by atoms with Gasteiger partial charge in [0.1, 0.15) is 11.5 Å². The number of nitrogens with one attached hydrogen (secondary N) is 2. The van der Waals surface area contributed by atoms with Crippen molar-refractivity contribution in [3.05, 3.63) is 23.8 Å². The zero-order chi connectivity index (χ0) is 19.1. The van der Waals surface area contributed by atoms with Crippen molar-refractivity contribution in [3.8, 4) is 11.5 Å². The van der Waals surface area contributed by atoms with Crippen LogP contribution in [0.4, 0.5) is 0 Å². The van der Waals surface area contributed by atoms with Crippen LogP contribution in [0.3, 0.4) is 0 Å². The summed E-state index contributed by atoms with van der Waals surface area (Å²) in [5, 5.41) is 6.76. The number of guanidine groups is 1. The smallest absolute Gasteiger partial charge is 0.191 e. The fourth-order valence-electron chi connectivity index (χ4n) is 3.44. The molecule has 3 rings (SSSR count). The Morgan fingerprint density at radius 1 is 1.26 bits per heavy atom. The summed E-state index contributed by atoms with van der Waals surface area (Å²) >= 11 is 0. The van der Waals surface area contributed by atoms with E-state index in [1.807, 2.05) is 12.1 Å². The van der Waals surface area contributed by atoms with Crippen LogP contribution in [-0.2, 0) is 11.3 Å². The maximum absolute atomic E-state index is 6.28. The molecule has 27 heavy (non-hydrogen) atoms. The molecule has 0 aromatic heterocycles. The van der Waals surface area contributed by atoms with Crippen molar-refractivity contribution in [2.45, 2.75) is 52.2 Å². The number of benzene rings is 1. The van der Waals surface area contributed by atoms with Crippen molar-refractivity contribution >= 4 is 5.96 Å². The van der Waals surface area contributed by atoms with Gasteiger partial charge in [0.15, 0.2) is 5.96 Å². The molecule has 2 N–H and O–H groups in total. The molecule has 0 radical (unpaired) electrons. The SMILES string of the molecule is CCNC(=NCc1ccc(OC)cc1OC1CCCC1)NCC1(C)COC1. The van der Waals surface area contributed by atoms with Crippen molar-refractivity contribution in [2.24, 2.45) is 10.4 Å². The van der Waals surface area contributed by atoms with E-state index in [0.29, 0.717) is 12.6 Å².